The molecule has 0 heterocycles. The van der Waals surface area contributed by atoms with Gasteiger partial charge >= 0.3 is 0 Å². The number of hydrogen-bond acceptors (Lipinski definition) is 0. The maximum atomic E-state index is 6.68. The molecular formula is C17H19Cl. The second-order valence-electron chi connectivity index (χ2n) is 5.36. The van der Waals surface area contributed by atoms with Gasteiger partial charge in [-0.3, -0.25) is 0 Å². The Morgan fingerprint density at radius 2 is 1.44 bits per heavy atom. The average molecular weight is 259 g/mol. The minimum absolute atomic E-state index is 0.0273. The van der Waals surface area contributed by atoms with Gasteiger partial charge in [0.2, 0.25) is 0 Å². The molecule has 94 valence electrons. The minimum Gasteiger partial charge on any atom is -0.117 e. The van der Waals surface area contributed by atoms with Crippen molar-refractivity contribution in [2.75, 3.05) is 0 Å². The van der Waals surface area contributed by atoms with Crippen molar-refractivity contribution in [2.24, 2.45) is 0 Å². The monoisotopic (exact) mass is 258 g/mol. The molecule has 18 heavy (non-hydrogen) atoms. The van der Waals surface area contributed by atoms with Gasteiger partial charge in [-0.05, 0) is 18.1 Å². The fourth-order valence-electron chi connectivity index (χ4n) is 2.17. The summed E-state index contributed by atoms with van der Waals surface area (Å²) in [5.74, 6) is 0. The molecule has 2 aromatic rings. The Balaban J connectivity index is 2.32. The zero-order chi connectivity index (χ0) is 13.2. The summed E-state index contributed by atoms with van der Waals surface area (Å²) in [4.78, 5) is 0. The van der Waals surface area contributed by atoms with E-state index >= 15 is 0 Å². The quantitative estimate of drug-likeness (QED) is 0.660. The summed E-state index contributed by atoms with van der Waals surface area (Å²) in [6.07, 6.45) is 0. The smallest absolute Gasteiger partial charge is 0.0676 e. The van der Waals surface area contributed by atoms with Crippen molar-refractivity contribution < 1.29 is 0 Å². The first-order chi connectivity index (χ1) is 8.51. The van der Waals surface area contributed by atoms with Crippen molar-refractivity contribution in [1.82, 2.24) is 0 Å². The van der Waals surface area contributed by atoms with Crippen LogP contribution in [0.15, 0.2) is 54.6 Å². The van der Waals surface area contributed by atoms with Gasteiger partial charge in [0, 0.05) is 5.41 Å². The fraction of sp³-hybridized carbons (Fsp3) is 0.294. The van der Waals surface area contributed by atoms with Gasteiger partial charge in [0.25, 0.3) is 0 Å². The molecule has 0 aliphatic rings. The van der Waals surface area contributed by atoms with E-state index in [9.17, 15) is 0 Å². The number of rotatable bonds is 3. The lowest BCUT2D eigenvalue weighted by Gasteiger charge is -2.31. The molecule has 0 saturated carbocycles. The number of hydrogen-bond donors (Lipinski definition) is 0. The molecule has 0 saturated heterocycles. The molecule has 1 heteroatoms. The van der Waals surface area contributed by atoms with E-state index in [-0.39, 0.29) is 10.8 Å². The average Bonchev–Trinajstić information content (AvgIpc) is 2.40. The van der Waals surface area contributed by atoms with Crippen LogP contribution in [-0.4, -0.2) is 0 Å². The van der Waals surface area contributed by atoms with Gasteiger partial charge in [-0.2, -0.15) is 0 Å². The van der Waals surface area contributed by atoms with Crippen LogP contribution in [0.4, 0.5) is 0 Å². The van der Waals surface area contributed by atoms with Gasteiger partial charge in [-0.15, -0.1) is 11.6 Å². The van der Waals surface area contributed by atoms with Crippen LogP contribution in [0.3, 0.4) is 0 Å². The van der Waals surface area contributed by atoms with Gasteiger partial charge in [0.1, 0.15) is 0 Å². The minimum atomic E-state index is -0.0852. The third-order valence-corrected chi connectivity index (χ3v) is 4.32. The standard InChI is InChI=1S/C17H19Cl/c1-13-9-11-14(12-10-13)16(18)17(2,3)15-7-5-4-6-8-15/h4-12,16H,1-3H3. The molecule has 0 aliphatic heterocycles. The van der Waals surface area contributed by atoms with Crippen LogP contribution in [0.25, 0.3) is 0 Å². The van der Waals surface area contributed by atoms with Crippen LogP contribution in [-0.2, 0) is 5.41 Å². The van der Waals surface area contributed by atoms with Crippen LogP contribution >= 0.6 is 11.6 Å². The third kappa shape index (κ3) is 2.59. The first kappa shape index (κ1) is 13.2. The van der Waals surface area contributed by atoms with Gasteiger partial charge in [-0.1, -0.05) is 74.0 Å². The Labute approximate surface area is 115 Å². The predicted molar refractivity (Wildman–Crippen MR) is 79.2 cm³/mol. The molecule has 0 bridgehead atoms. The van der Waals surface area contributed by atoms with Crippen LogP contribution in [0.2, 0.25) is 0 Å². The zero-order valence-corrected chi connectivity index (χ0v) is 11.9. The van der Waals surface area contributed by atoms with Crippen molar-refractivity contribution in [1.29, 1.82) is 0 Å². The molecule has 0 aliphatic carbocycles. The highest BCUT2D eigenvalue weighted by molar-refractivity contribution is 6.21. The topological polar surface area (TPSA) is 0 Å². The highest BCUT2D eigenvalue weighted by atomic mass is 35.5. The van der Waals surface area contributed by atoms with Gasteiger partial charge in [0.05, 0.1) is 5.38 Å². The van der Waals surface area contributed by atoms with E-state index in [4.69, 9.17) is 11.6 Å². The zero-order valence-electron chi connectivity index (χ0n) is 11.2. The second-order valence-corrected chi connectivity index (χ2v) is 5.80. The molecular weight excluding hydrogens is 240 g/mol. The van der Waals surface area contributed by atoms with E-state index in [0.717, 1.165) is 0 Å². The SMILES string of the molecule is Cc1ccc(C(Cl)C(C)(C)c2ccccc2)cc1. The molecule has 0 radical (unpaired) electrons. The summed E-state index contributed by atoms with van der Waals surface area (Å²) in [7, 11) is 0. The number of halogens is 1. The Bertz CT molecular complexity index is 497. The van der Waals surface area contributed by atoms with Crippen LogP contribution in [0.1, 0.15) is 35.9 Å². The first-order valence-electron chi connectivity index (χ1n) is 6.28. The van der Waals surface area contributed by atoms with Crippen molar-refractivity contribution in [3.63, 3.8) is 0 Å². The van der Waals surface area contributed by atoms with Crippen LogP contribution < -0.4 is 0 Å². The van der Waals surface area contributed by atoms with E-state index in [1.807, 2.05) is 6.07 Å². The van der Waals surface area contributed by atoms with E-state index in [2.05, 4.69) is 69.3 Å². The highest BCUT2D eigenvalue weighted by Gasteiger charge is 2.30. The Morgan fingerprint density at radius 3 is 2.00 bits per heavy atom. The number of aryl methyl sites for hydroxylation is 1. The van der Waals surface area contributed by atoms with Gasteiger partial charge in [-0.25, -0.2) is 0 Å². The number of alkyl halides is 1. The summed E-state index contributed by atoms with van der Waals surface area (Å²) < 4.78 is 0. The summed E-state index contributed by atoms with van der Waals surface area (Å²) in [6, 6.07) is 18.9. The summed E-state index contributed by atoms with van der Waals surface area (Å²) in [6.45, 7) is 6.48. The molecule has 0 fully saturated rings. The maximum absolute atomic E-state index is 6.68. The Hall–Kier alpha value is -1.27. The predicted octanol–water partition coefficient (Wildman–Crippen LogP) is 5.25. The van der Waals surface area contributed by atoms with Crippen molar-refractivity contribution in [3.8, 4) is 0 Å². The Kier molecular flexibility index (Phi) is 3.77. The Morgan fingerprint density at radius 1 is 0.889 bits per heavy atom. The molecule has 0 amide bonds. The van der Waals surface area contributed by atoms with Crippen LogP contribution in [0, 0.1) is 6.92 Å². The normalized spacial score (nSPS) is 13.3. The highest BCUT2D eigenvalue weighted by Crippen LogP contribution is 2.41. The van der Waals surface area contributed by atoms with E-state index < -0.39 is 0 Å². The molecule has 0 nitrogen and oxygen atoms in total. The lowest BCUT2D eigenvalue weighted by Crippen LogP contribution is -2.23. The van der Waals surface area contributed by atoms with E-state index in [1.54, 1.807) is 0 Å². The lowest BCUT2D eigenvalue weighted by atomic mass is 9.78. The second kappa shape index (κ2) is 5.16. The third-order valence-electron chi connectivity index (χ3n) is 3.52. The molecule has 2 aromatic carbocycles. The lowest BCUT2D eigenvalue weighted by molar-refractivity contribution is 0.504. The molecule has 0 spiro atoms. The fourth-order valence-corrected chi connectivity index (χ4v) is 2.44. The number of benzene rings is 2. The van der Waals surface area contributed by atoms with E-state index in [0.29, 0.717) is 0 Å². The summed E-state index contributed by atoms with van der Waals surface area (Å²) in [5.41, 5.74) is 3.62. The summed E-state index contributed by atoms with van der Waals surface area (Å²) in [5, 5.41) is -0.0273. The van der Waals surface area contributed by atoms with Crippen molar-refractivity contribution >= 4 is 11.6 Å². The van der Waals surface area contributed by atoms with Gasteiger partial charge in [0.15, 0.2) is 0 Å². The molecule has 1 atom stereocenters. The molecule has 1 unspecified atom stereocenters. The van der Waals surface area contributed by atoms with Crippen molar-refractivity contribution in [2.45, 2.75) is 31.6 Å². The van der Waals surface area contributed by atoms with E-state index in [1.165, 1.54) is 16.7 Å². The first-order valence-corrected chi connectivity index (χ1v) is 6.71. The molecule has 2 rings (SSSR count). The van der Waals surface area contributed by atoms with Crippen molar-refractivity contribution in [3.05, 3.63) is 71.3 Å². The molecule has 0 N–H and O–H groups in total. The summed E-state index contributed by atoms with van der Waals surface area (Å²) >= 11 is 6.68. The molecule has 0 aromatic heterocycles. The van der Waals surface area contributed by atoms with Crippen LogP contribution in [0.5, 0.6) is 0 Å². The maximum Gasteiger partial charge on any atom is 0.0676 e. The van der Waals surface area contributed by atoms with Gasteiger partial charge < -0.3 is 0 Å². The largest absolute Gasteiger partial charge is 0.117 e.